The molecule has 3 heterocycles. The number of benzene rings is 1. The van der Waals surface area contributed by atoms with E-state index in [0.29, 0.717) is 0 Å². The molecule has 1 atom stereocenters. The second-order valence-corrected chi connectivity index (χ2v) is 7.71. The first-order chi connectivity index (χ1) is 12.6. The van der Waals surface area contributed by atoms with Crippen molar-refractivity contribution in [3.8, 4) is 5.69 Å². The van der Waals surface area contributed by atoms with E-state index in [9.17, 15) is 4.79 Å². The Morgan fingerprint density at radius 3 is 2.73 bits per heavy atom. The van der Waals surface area contributed by atoms with Gasteiger partial charge in [-0.15, -0.1) is 0 Å². The van der Waals surface area contributed by atoms with E-state index in [4.69, 9.17) is 0 Å². The highest BCUT2D eigenvalue weighted by Crippen LogP contribution is 2.33. The minimum atomic E-state index is -0.109. The van der Waals surface area contributed by atoms with Gasteiger partial charge in [0.2, 0.25) is 5.91 Å². The Morgan fingerprint density at radius 2 is 2.00 bits per heavy atom. The SMILES string of the molecule is Cc1cc(S[C@@H]2CCCN(c3cnn(C)c3)C2=O)n(-c2ccccc2)n1. The molecule has 1 aliphatic rings. The van der Waals surface area contributed by atoms with Gasteiger partial charge in [-0.2, -0.15) is 10.2 Å². The van der Waals surface area contributed by atoms with Gasteiger partial charge >= 0.3 is 0 Å². The van der Waals surface area contributed by atoms with Gasteiger partial charge in [-0.05, 0) is 38.0 Å². The van der Waals surface area contributed by atoms with Crippen LogP contribution in [0.15, 0.2) is 53.8 Å². The lowest BCUT2D eigenvalue weighted by Crippen LogP contribution is -2.42. The van der Waals surface area contributed by atoms with E-state index in [1.165, 1.54) is 0 Å². The Balaban J connectivity index is 1.58. The molecular weight excluding hydrogens is 346 g/mol. The molecule has 1 aliphatic heterocycles. The van der Waals surface area contributed by atoms with E-state index in [1.54, 1.807) is 22.6 Å². The molecule has 1 aromatic carbocycles. The van der Waals surface area contributed by atoms with Crippen LogP contribution in [0.5, 0.6) is 0 Å². The summed E-state index contributed by atoms with van der Waals surface area (Å²) >= 11 is 1.60. The van der Waals surface area contributed by atoms with Crippen LogP contribution in [0.1, 0.15) is 18.5 Å². The third-order valence-electron chi connectivity index (χ3n) is 4.46. The van der Waals surface area contributed by atoms with Gasteiger partial charge in [0.05, 0.1) is 28.5 Å². The van der Waals surface area contributed by atoms with Crippen molar-refractivity contribution in [2.24, 2.45) is 7.05 Å². The molecule has 0 bridgehead atoms. The molecule has 4 rings (SSSR count). The van der Waals surface area contributed by atoms with Crippen molar-refractivity contribution < 1.29 is 4.79 Å². The molecule has 7 heteroatoms. The monoisotopic (exact) mass is 367 g/mol. The number of para-hydroxylation sites is 1. The maximum absolute atomic E-state index is 13.0. The van der Waals surface area contributed by atoms with Crippen molar-refractivity contribution in [2.75, 3.05) is 11.4 Å². The second kappa shape index (κ2) is 6.99. The molecule has 134 valence electrons. The molecule has 2 aromatic heterocycles. The lowest BCUT2D eigenvalue weighted by Gasteiger charge is -2.30. The average molecular weight is 367 g/mol. The minimum Gasteiger partial charge on any atom is -0.309 e. The van der Waals surface area contributed by atoms with E-state index in [2.05, 4.69) is 10.2 Å². The van der Waals surface area contributed by atoms with Crippen LogP contribution in [-0.2, 0) is 11.8 Å². The van der Waals surface area contributed by atoms with Crippen LogP contribution in [0.25, 0.3) is 5.69 Å². The maximum Gasteiger partial charge on any atom is 0.240 e. The van der Waals surface area contributed by atoms with Gasteiger partial charge in [-0.1, -0.05) is 30.0 Å². The zero-order chi connectivity index (χ0) is 18.1. The molecule has 26 heavy (non-hydrogen) atoms. The summed E-state index contributed by atoms with van der Waals surface area (Å²) in [5.41, 5.74) is 2.83. The first kappa shape index (κ1) is 16.9. The molecule has 3 aromatic rings. The number of hydrogen-bond acceptors (Lipinski definition) is 4. The van der Waals surface area contributed by atoms with Crippen molar-refractivity contribution in [2.45, 2.75) is 30.0 Å². The van der Waals surface area contributed by atoms with E-state index in [1.807, 2.05) is 66.1 Å². The minimum absolute atomic E-state index is 0.109. The number of amides is 1. The number of piperidine rings is 1. The van der Waals surface area contributed by atoms with E-state index in [0.717, 1.165) is 41.5 Å². The first-order valence-electron chi connectivity index (χ1n) is 8.70. The fourth-order valence-corrected chi connectivity index (χ4v) is 4.50. The highest BCUT2D eigenvalue weighted by Gasteiger charge is 2.32. The number of carbonyl (C=O) groups excluding carboxylic acids is 1. The van der Waals surface area contributed by atoms with Crippen molar-refractivity contribution in [3.63, 3.8) is 0 Å². The molecular formula is C19H21N5OS. The number of carbonyl (C=O) groups is 1. The Kier molecular flexibility index (Phi) is 4.55. The van der Waals surface area contributed by atoms with Gasteiger partial charge in [-0.25, -0.2) is 4.68 Å². The molecule has 1 amide bonds. The lowest BCUT2D eigenvalue weighted by molar-refractivity contribution is -0.119. The molecule has 0 N–H and O–H groups in total. The Bertz CT molecular complexity index is 917. The van der Waals surface area contributed by atoms with Crippen LogP contribution in [0.3, 0.4) is 0 Å². The number of hydrogen-bond donors (Lipinski definition) is 0. The molecule has 0 unspecified atom stereocenters. The number of thioether (sulfide) groups is 1. The Morgan fingerprint density at radius 1 is 1.19 bits per heavy atom. The van der Waals surface area contributed by atoms with Crippen molar-refractivity contribution in [1.29, 1.82) is 0 Å². The summed E-state index contributed by atoms with van der Waals surface area (Å²) in [4.78, 5) is 14.9. The van der Waals surface area contributed by atoms with Gasteiger partial charge in [0, 0.05) is 19.8 Å². The normalized spacial score (nSPS) is 17.7. The predicted molar refractivity (Wildman–Crippen MR) is 103 cm³/mol. The topological polar surface area (TPSA) is 56.0 Å². The summed E-state index contributed by atoms with van der Waals surface area (Å²) in [5, 5.41) is 9.70. The van der Waals surface area contributed by atoms with Crippen molar-refractivity contribution >= 4 is 23.4 Å². The molecule has 0 aliphatic carbocycles. The van der Waals surface area contributed by atoms with Crippen LogP contribution in [0, 0.1) is 6.92 Å². The molecule has 6 nitrogen and oxygen atoms in total. The van der Waals surface area contributed by atoms with Crippen LogP contribution >= 0.6 is 11.8 Å². The highest BCUT2D eigenvalue weighted by molar-refractivity contribution is 8.00. The lowest BCUT2D eigenvalue weighted by atomic mass is 10.1. The summed E-state index contributed by atoms with van der Waals surface area (Å²) in [7, 11) is 1.87. The zero-order valence-corrected chi connectivity index (χ0v) is 15.7. The number of aryl methyl sites for hydroxylation is 2. The molecule has 0 saturated carbocycles. The van der Waals surface area contributed by atoms with E-state index >= 15 is 0 Å². The van der Waals surface area contributed by atoms with Crippen LogP contribution in [0.2, 0.25) is 0 Å². The van der Waals surface area contributed by atoms with Crippen LogP contribution < -0.4 is 4.90 Å². The average Bonchev–Trinajstić information content (AvgIpc) is 3.23. The summed E-state index contributed by atoms with van der Waals surface area (Å²) < 4.78 is 3.66. The van der Waals surface area contributed by atoms with E-state index in [-0.39, 0.29) is 11.2 Å². The van der Waals surface area contributed by atoms with Gasteiger partial charge in [0.15, 0.2) is 0 Å². The first-order valence-corrected chi connectivity index (χ1v) is 9.58. The third kappa shape index (κ3) is 3.26. The molecule has 1 saturated heterocycles. The quantitative estimate of drug-likeness (QED) is 0.711. The number of aromatic nitrogens is 4. The van der Waals surface area contributed by atoms with Crippen LogP contribution in [0.4, 0.5) is 5.69 Å². The molecule has 1 fully saturated rings. The number of nitrogens with zero attached hydrogens (tertiary/aromatic N) is 5. The standard InChI is InChI=1S/C19H21N5OS/c1-14-11-18(24(21-14)15-7-4-3-5-8-15)26-17-9-6-10-23(19(17)25)16-12-20-22(2)13-16/h3-5,7-8,11-13,17H,6,9-10H2,1-2H3/t17-/m1/s1. The van der Waals surface area contributed by atoms with Crippen molar-refractivity contribution in [3.05, 3.63) is 54.5 Å². The molecule has 0 spiro atoms. The summed E-state index contributed by atoms with van der Waals surface area (Å²) in [6.45, 7) is 2.73. The fraction of sp³-hybridized carbons (Fsp3) is 0.316. The summed E-state index contributed by atoms with van der Waals surface area (Å²) in [6.07, 6.45) is 5.50. The highest BCUT2D eigenvalue weighted by atomic mass is 32.2. The largest absolute Gasteiger partial charge is 0.309 e. The van der Waals surface area contributed by atoms with E-state index < -0.39 is 0 Å². The molecule has 0 radical (unpaired) electrons. The van der Waals surface area contributed by atoms with Crippen LogP contribution in [-0.4, -0.2) is 37.3 Å². The Labute approximate surface area is 156 Å². The number of anilines is 1. The zero-order valence-electron chi connectivity index (χ0n) is 14.9. The fourth-order valence-electron chi connectivity index (χ4n) is 3.22. The predicted octanol–water partition coefficient (Wildman–Crippen LogP) is 3.20. The summed E-state index contributed by atoms with van der Waals surface area (Å²) in [5.74, 6) is 0.146. The van der Waals surface area contributed by atoms with Crippen molar-refractivity contribution in [1.82, 2.24) is 19.6 Å². The maximum atomic E-state index is 13.0. The Hall–Kier alpha value is -2.54. The van der Waals surface area contributed by atoms with Gasteiger partial charge < -0.3 is 4.90 Å². The van der Waals surface area contributed by atoms with Gasteiger partial charge in [-0.3, -0.25) is 9.48 Å². The number of rotatable bonds is 4. The van der Waals surface area contributed by atoms with Gasteiger partial charge in [0.25, 0.3) is 0 Å². The third-order valence-corrected chi connectivity index (χ3v) is 5.71. The second-order valence-electron chi connectivity index (χ2n) is 6.48. The summed E-state index contributed by atoms with van der Waals surface area (Å²) in [6, 6.07) is 12.1. The smallest absolute Gasteiger partial charge is 0.240 e. The van der Waals surface area contributed by atoms with Gasteiger partial charge in [0.1, 0.15) is 5.03 Å².